The van der Waals surface area contributed by atoms with Gasteiger partial charge in [-0.1, -0.05) is 22.0 Å². The number of fused-ring (bicyclic) bond motifs is 1. The number of nitrogens with zero attached hydrogens (tertiary/aromatic N) is 4. The van der Waals surface area contributed by atoms with Crippen LogP contribution in [0.4, 0.5) is 11.6 Å². The van der Waals surface area contributed by atoms with Crippen molar-refractivity contribution in [3.05, 3.63) is 58.8 Å². The molecule has 0 atom stereocenters. The van der Waals surface area contributed by atoms with Gasteiger partial charge in [-0.25, -0.2) is 9.97 Å². The molecule has 1 amide bonds. The molecule has 2 aromatic heterocycles. The average molecular weight is 426 g/mol. The fraction of sp³-hybridized carbons (Fsp3) is 0.250. The number of benzene rings is 1. The Morgan fingerprint density at radius 1 is 1.04 bits per heavy atom. The van der Waals surface area contributed by atoms with Crippen LogP contribution in [0.2, 0.25) is 0 Å². The normalized spacial score (nSPS) is 15.1. The van der Waals surface area contributed by atoms with Crippen LogP contribution in [0.1, 0.15) is 10.4 Å². The summed E-state index contributed by atoms with van der Waals surface area (Å²) in [6.45, 7) is 3.81. The molecule has 0 unspecified atom stereocenters. The molecule has 0 radical (unpaired) electrons. The van der Waals surface area contributed by atoms with Gasteiger partial charge >= 0.3 is 0 Å². The topological polar surface area (TPSA) is 61.4 Å². The first-order valence-corrected chi connectivity index (χ1v) is 9.64. The van der Waals surface area contributed by atoms with Gasteiger partial charge in [0.15, 0.2) is 0 Å². The van der Waals surface area contributed by atoms with Crippen molar-refractivity contribution in [2.24, 2.45) is 0 Å². The van der Waals surface area contributed by atoms with Crippen LogP contribution in [0.25, 0.3) is 10.8 Å². The summed E-state index contributed by atoms with van der Waals surface area (Å²) in [5, 5.41) is 4.93. The van der Waals surface area contributed by atoms with Crippen molar-refractivity contribution in [3.63, 3.8) is 0 Å². The number of nitrogens with one attached hydrogen (secondary N) is 1. The summed E-state index contributed by atoms with van der Waals surface area (Å²) in [4.78, 5) is 26.0. The van der Waals surface area contributed by atoms with Crippen LogP contribution >= 0.6 is 15.9 Å². The van der Waals surface area contributed by atoms with Crippen molar-refractivity contribution in [1.29, 1.82) is 0 Å². The second-order valence-electron chi connectivity index (χ2n) is 6.71. The van der Waals surface area contributed by atoms with Gasteiger partial charge in [-0.15, -0.1) is 0 Å². The third-order valence-electron chi connectivity index (χ3n) is 4.76. The number of anilines is 2. The molecule has 138 valence electrons. The Hall–Kier alpha value is -2.51. The Balaban J connectivity index is 1.52. The SMILES string of the molecule is CN1CCN(c2cc(C(=O)Nc3cc4cc(Br)ccc4cn3)ccn2)CC1. The van der Waals surface area contributed by atoms with E-state index in [0.717, 1.165) is 47.2 Å². The van der Waals surface area contributed by atoms with Crippen molar-refractivity contribution in [2.45, 2.75) is 0 Å². The number of hydrogen-bond donors (Lipinski definition) is 1. The zero-order valence-corrected chi connectivity index (χ0v) is 16.6. The molecule has 3 heterocycles. The fourth-order valence-electron chi connectivity index (χ4n) is 3.14. The maximum Gasteiger partial charge on any atom is 0.257 e. The van der Waals surface area contributed by atoms with Crippen LogP contribution in [0.3, 0.4) is 0 Å². The maximum atomic E-state index is 12.7. The van der Waals surface area contributed by atoms with Crippen LogP contribution in [0, 0.1) is 0 Å². The van der Waals surface area contributed by atoms with Crippen LogP contribution in [-0.2, 0) is 0 Å². The number of halogens is 1. The van der Waals surface area contributed by atoms with E-state index in [1.54, 1.807) is 18.5 Å². The van der Waals surface area contributed by atoms with E-state index >= 15 is 0 Å². The van der Waals surface area contributed by atoms with Gasteiger partial charge < -0.3 is 15.1 Å². The minimum Gasteiger partial charge on any atom is -0.354 e. The van der Waals surface area contributed by atoms with E-state index in [9.17, 15) is 4.79 Å². The van der Waals surface area contributed by atoms with Gasteiger partial charge in [0, 0.05) is 54.0 Å². The van der Waals surface area contributed by atoms with Crippen molar-refractivity contribution in [2.75, 3.05) is 43.4 Å². The smallest absolute Gasteiger partial charge is 0.257 e. The second kappa shape index (κ2) is 7.62. The predicted molar refractivity (Wildman–Crippen MR) is 111 cm³/mol. The second-order valence-corrected chi connectivity index (χ2v) is 7.62. The zero-order valence-electron chi connectivity index (χ0n) is 15.0. The molecule has 1 aromatic carbocycles. The molecular weight excluding hydrogens is 406 g/mol. The summed E-state index contributed by atoms with van der Waals surface area (Å²) in [5.74, 6) is 1.18. The van der Waals surface area contributed by atoms with Gasteiger partial charge in [-0.05, 0) is 42.8 Å². The van der Waals surface area contributed by atoms with Crippen molar-refractivity contribution in [3.8, 4) is 0 Å². The first kappa shape index (κ1) is 17.9. The van der Waals surface area contributed by atoms with E-state index in [-0.39, 0.29) is 5.91 Å². The van der Waals surface area contributed by atoms with Gasteiger partial charge in [0.2, 0.25) is 0 Å². The average Bonchev–Trinajstić information content (AvgIpc) is 2.68. The number of piperazine rings is 1. The monoisotopic (exact) mass is 425 g/mol. The summed E-state index contributed by atoms with van der Waals surface area (Å²) in [6, 6.07) is 11.4. The van der Waals surface area contributed by atoms with E-state index < -0.39 is 0 Å². The van der Waals surface area contributed by atoms with Crippen molar-refractivity contribution >= 4 is 44.2 Å². The van der Waals surface area contributed by atoms with E-state index in [0.29, 0.717) is 11.4 Å². The van der Waals surface area contributed by atoms with Crippen molar-refractivity contribution in [1.82, 2.24) is 14.9 Å². The van der Waals surface area contributed by atoms with E-state index in [2.05, 4.69) is 48.1 Å². The highest BCUT2D eigenvalue weighted by molar-refractivity contribution is 9.10. The summed E-state index contributed by atoms with van der Waals surface area (Å²) in [6.07, 6.45) is 3.45. The molecule has 27 heavy (non-hydrogen) atoms. The number of rotatable bonds is 3. The number of amides is 1. The van der Waals surface area contributed by atoms with E-state index in [1.807, 2.05) is 30.3 Å². The molecule has 0 spiro atoms. The minimum atomic E-state index is -0.186. The molecular formula is C20H20BrN5O. The molecule has 0 bridgehead atoms. The Bertz CT molecular complexity index is 985. The van der Waals surface area contributed by atoms with Crippen LogP contribution < -0.4 is 10.2 Å². The molecule has 0 saturated carbocycles. The van der Waals surface area contributed by atoms with Gasteiger partial charge in [0.05, 0.1) is 0 Å². The molecule has 1 aliphatic heterocycles. The van der Waals surface area contributed by atoms with E-state index in [4.69, 9.17) is 0 Å². The Labute approximate surface area is 166 Å². The fourth-order valence-corrected chi connectivity index (χ4v) is 3.52. The molecule has 6 nitrogen and oxygen atoms in total. The largest absolute Gasteiger partial charge is 0.354 e. The van der Waals surface area contributed by atoms with Crippen LogP contribution in [0.5, 0.6) is 0 Å². The quantitative estimate of drug-likeness (QED) is 0.696. The summed E-state index contributed by atoms with van der Waals surface area (Å²) in [5.41, 5.74) is 0.579. The van der Waals surface area contributed by atoms with Crippen LogP contribution in [-0.4, -0.2) is 54.0 Å². The lowest BCUT2D eigenvalue weighted by Crippen LogP contribution is -2.44. The Morgan fingerprint density at radius 2 is 1.85 bits per heavy atom. The maximum absolute atomic E-state index is 12.7. The highest BCUT2D eigenvalue weighted by Crippen LogP contribution is 2.22. The lowest BCUT2D eigenvalue weighted by atomic mass is 10.2. The molecule has 1 fully saturated rings. The molecule has 1 saturated heterocycles. The van der Waals surface area contributed by atoms with E-state index in [1.165, 1.54) is 0 Å². The van der Waals surface area contributed by atoms with Gasteiger partial charge in [0.1, 0.15) is 11.6 Å². The molecule has 1 N–H and O–H groups in total. The first-order chi connectivity index (χ1) is 13.1. The predicted octanol–water partition coefficient (Wildman–Crippen LogP) is 3.40. The summed E-state index contributed by atoms with van der Waals surface area (Å²) < 4.78 is 0.990. The highest BCUT2D eigenvalue weighted by atomic mass is 79.9. The van der Waals surface area contributed by atoms with Gasteiger partial charge in [-0.3, -0.25) is 4.79 Å². The number of carbonyl (C=O) groups is 1. The standard InChI is InChI=1S/C20H20BrN5O/c1-25-6-8-26(9-7-25)19-12-14(4-5-22-19)20(27)24-18-11-16-10-17(21)3-2-15(16)13-23-18/h2-5,10-13H,6-9H2,1H3,(H,23,24,27). The minimum absolute atomic E-state index is 0.186. The third kappa shape index (κ3) is 4.09. The lowest BCUT2D eigenvalue weighted by Gasteiger charge is -2.33. The lowest BCUT2D eigenvalue weighted by molar-refractivity contribution is 0.102. The number of aromatic nitrogens is 2. The Kier molecular flexibility index (Phi) is 5.05. The van der Waals surface area contributed by atoms with Gasteiger partial charge in [0.25, 0.3) is 5.91 Å². The molecule has 4 rings (SSSR count). The molecule has 1 aliphatic rings. The molecule has 3 aromatic rings. The Morgan fingerprint density at radius 3 is 2.67 bits per heavy atom. The van der Waals surface area contributed by atoms with Crippen LogP contribution in [0.15, 0.2) is 53.3 Å². The zero-order chi connectivity index (χ0) is 18.8. The number of likely N-dealkylation sites (N-methyl/N-ethyl adjacent to an activating group) is 1. The van der Waals surface area contributed by atoms with Gasteiger partial charge in [-0.2, -0.15) is 0 Å². The summed E-state index contributed by atoms with van der Waals surface area (Å²) >= 11 is 3.47. The first-order valence-electron chi connectivity index (χ1n) is 8.85. The highest BCUT2D eigenvalue weighted by Gasteiger charge is 2.17. The molecule has 7 heteroatoms. The number of carbonyl (C=O) groups excluding carboxylic acids is 1. The third-order valence-corrected chi connectivity index (χ3v) is 5.25. The van der Waals surface area contributed by atoms with Crippen molar-refractivity contribution < 1.29 is 4.79 Å². The number of hydrogen-bond acceptors (Lipinski definition) is 5. The molecule has 0 aliphatic carbocycles. The number of pyridine rings is 2. The summed E-state index contributed by atoms with van der Waals surface area (Å²) in [7, 11) is 2.11.